The molecule has 0 aliphatic carbocycles. The molecule has 3 aliphatic heterocycles. The molecule has 9 nitrogen and oxygen atoms in total. The molecule has 12 heteroatoms. The Labute approximate surface area is 219 Å². The average Bonchev–Trinajstić information content (AvgIpc) is 3.40. The van der Waals surface area contributed by atoms with Crippen molar-refractivity contribution in [2.45, 2.75) is 63.1 Å². The number of likely N-dealkylation sites (tertiary alicyclic amines) is 2. The molecule has 1 unspecified atom stereocenters. The minimum Gasteiger partial charge on any atom is -0.497 e. The van der Waals surface area contributed by atoms with Crippen LogP contribution in [0, 0.1) is 0 Å². The molecule has 1 atom stereocenters. The zero-order chi connectivity index (χ0) is 27.3. The molecular formula is C26H33F3N4O5. The molecule has 38 heavy (non-hydrogen) atoms. The third-order valence-electron chi connectivity index (χ3n) is 7.24. The standard InChI is InChI=1S/C24H32N4O3.C2HF3O2/c1-30-20-7-5-6-19(16-20)17-26-13-8-24(9-14-26)23-25-10-15-28(23)18-21(31-24)22(29)27-11-3-2-4-12-27;3-2(4,5)1(6)7/h5-7,10,15-16,21H,2-4,8-9,11-14,17-18H2,1H3;(H,6,7). The molecule has 4 heterocycles. The van der Waals surface area contributed by atoms with Crippen LogP contribution >= 0.6 is 0 Å². The van der Waals surface area contributed by atoms with Gasteiger partial charge in [0.05, 0.1) is 13.7 Å². The highest BCUT2D eigenvalue weighted by molar-refractivity contribution is 5.81. The Balaban J connectivity index is 0.000000426. The molecule has 1 spiro atoms. The molecule has 0 bridgehead atoms. The fraction of sp³-hybridized carbons (Fsp3) is 0.577. The lowest BCUT2D eigenvalue weighted by Gasteiger charge is -2.46. The van der Waals surface area contributed by atoms with Crippen LogP contribution in [0.4, 0.5) is 13.2 Å². The number of aromatic nitrogens is 2. The summed E-state index contributed by atoms with van der Waals surface area (Å²) < 4.78 is 45.9. The number of ether oxygens (including phenoxy) is 2. The zero-order valence-electron chi connectivity index (χ0n) is 21.3. The first kappa shape index (κ1) is 27.9. The van der Waals surface area contributed by atoms with Crippen LogP contribution in [0.15, 0.2) is 36.7 Å². The second-order valence-electron chi connectivity index (χ2n) is 9.82. The Morgan fingerprint density at radius 3 is 2.47 bits per heavy atom. The normalized spacial score (nSPS) is 21.3. The Hall–Kier alpha value is -3.12. The number of halogens is 3. The highest BCUT2D eigenvalue weighted by atomic mass is 19.4. The number of carbonyl (C=O) groups excluding carboxylic acids is 1. The van der Waals surface area contributed by atoms with Crippen LogP contribution in [-0.4, -0.2) is 81.9 Å². The van der Waals surface area contributed by atoms with Crippen molar-refractivity contribution in [2.24, 2.45) is 0 Å². The van der Waals surface area contributed by atoms with Crippen molar-refractivity contribution in [3.05, 3.63) is 48.0 Å². The molecule has 5 rings (SSSR count). The molecule has 1 aromatic carbocycles. The Morgan fingerprint density at radius 2 is 1.84 bits per heavy atom. The SMILES string of the molecule is COc1cccc(CN2CCC3(CC2)OC(C(=O)N2CCCCC2)Cn2ccnc23)c1.O=C(O)C(F)(F)F. The van der Waals surface area contributed by atoms with Gasteiger partial charge in [0.15, 0.2) is 6.10 Å². The molecule has 3 aliphatic rings. The summed E-state index contributed by atoms with van der Waals surface area (Å²) >= 11 is 0. The summed E-state index contributed by atoms with van der Waals surface area (Å²) in [4.78, 5) is 31.2. The number of amides is 1. The smallest absolute Gasteiger partial charge is 0.490 e. The lowest BCUT2D eigenvalue weighted by Crippen LogP contribution is -2.55. The predicted molar refractivity (Wildman–Crippen MR) is 130 cm³/mol. The van der Waals surface area contributed by atoms with Crippen molar-refractivity contribution in [1.29, 1.82) is 0 Å². The van der Waals surface area contributed by atoms with Crippen LogP contribution in [0.3, 0.4) is 0 Å². The van der Waals surface area contributed by atoms with Crippen LogP contribution in [0.2, 0.25) is 0 Å². The van der Waals surface area contributed by atoms with Crippen molar-refractivity contribution in [3.63, 3.8) is 0 Å². The van der Waals surface area contributed by atoms with E-state index in [4.69, 9.17) is 19.4 Å². The zero-order valence-corrected chi connectivity index (χ0v) is 21.3. The van der Waals surface area contributed by atoms with Crippen molar-refractivity contribution in [3.8, 4) is 5.75 Å². The number of carbonyl (C=O) groups is 2. The average molecular weight is 539 g/mol. The van der Waals surface area contributed by atoms with E-state index in [-0.39, 0.29) is 5.91 Å². The number of piperidine rings is 2. The number of methoxy groups -OCH3 is 1. The van der Waals surface area contributed by atoms with E-state index in [1.165, 1.54) is 12.0 Å². The summed E-state index contributed by atoms with van der Waals surface area (Å²) in [6, 6.07) is 8.26. The van der Waals surface area contributed by atoms with Gasteiger partial charge in [-0.3, -0.25) is 9.69 Å². The topological polar surface area (TPSA) is 97.1 Å². The molecule has 1 amide bonds. The van der Waals surface area contributed by atoms with Crippen molar-refractivity contribution < 1.29 is 37.3 Å². The Bertz CT molecular complexity index is 1110. The number of nitrogens with zero attached hydrogens (tertiary/aromatic N) is 4. The van der Waals surface area contributed by atoms with Gasteiger partial charge in [-0.05, 0) is 49.8 Å². The van der Waals surface area contributed by atoms with Crippen LogP contribution < -0.4 is 4.74 Å². The summed E-state index contributed by atoms with van der Waals surface area (Å²) in [5, 5.41) is 7.12. The summed E-state index contributed by atoms with van der Waals surface area (Å²) in [5.41, 5.74) is 0.780. The number of fused-ring (bicyclic) bond motifs is 2. The molecule has 1 aromatic heterocycles. The van der Waals surface area contributed by atoms with E-state index in [2.05, 4.69) is 26.6 Å². The Kier molecular flexibility index (Phi) is 8.61. The van der Waals surface area contributed by atoms with Gasteiger partial charge in [0.2, 0.25) is 0 Å². The summed E-state index contributed by atoms with van der Waals surface area (Å²) in [6.45, 7) is 4.99. The van der Waals surface area contributed by atoms with Gasteiger partial charge in [-0.2, -0.15) is 13.2 Å². The van der Waals surface area contributed by atoms with Crippen molar-refractivity contribution in [2.75, 3.05) is 33.3 Å². The maximum absolute atomic E-state index is 13.2. The largest absolute Gasteiger partial charge is 0.497 e. The monoisotopic (exact) mass is 538 g/mol. The third-order valence-corrected chi connectivity index (χ3v) is 7.24. The molecule has 208 valence electrons. The number of hydrogen-bond donors (Lipinski definition) is 1. The predicted octanol–water partition coefficient (Wildman–Crippen LogP) is 3.43. The lowest BCUT2D eigenvalue weighted by molar-refractivity contribution is -0.192. The summed E-state index contributed by atoms with van der Waals surface area (Å²) in [5.74, 6) is -0.733. The number of carboxylic acid groups (broad SMARTS) is 1. The van der Waals surface area contributed by atoms with Crippen LogP contribution in [0.5, 0.6) is 5.75 Å². The van der Waals surface area contributed by atoms with Gasteiger partial charge >= 0.3 is 12.1 Å². The summed E-state index contributed by atoms with van der Waals surface area (Å²) in [7, 11) is 1.70. The van der Waals surface area contributed by atoms with Gasteiger partial charge < -0.3 is 24.0 Å². The van der Waals surface area contributed by atoms with E-state index in [0.717, 1.165) is 70.0 Å². The molecule has 2 saturated heterocycles. The molecule has 1 N–H and O–H groups in total. The quantitative estimate of drug-likeness (QED) is 0.637. The molecule has 2 aromatic rings. The number of rotatable bonds is 4. The molecule has 0 saturated carbocycles. The fourth-order valence-electron chi connectivity index (χ4n) is 5.29. The Morgan fingerprint density at radius 1 is 1.16 bits per heavy atom. The van der Waals surface area contributed by atoms with E-state index < -0.39 is 23.9 Å². The van der Waals surface area contributed by atoms with E-state index >= 15 is 0 Å². The first-order valence-electron chi connectivity index (χ1n) is 12.7. The van der Waals surface area contributed by atoms with Gasteiger partial charge in [-0.15, -0.1) is 0 Å². The molecule has 2 fully saturated rings. The van der Waals surface area contributed by atoms with Crippen LogP contribution in [0.25, 0.3) is 0 Å². The van der Waals surface area contributed by atoms with Crippen molar-refractivity contribution in [1.82, 2.24) is 19.4 Å². The number of carboxylic acids is 1. The number of alkyl halides is 3. The third kappa shape index (κ3) is 6.47. The van der Waals surface area contributed by atoms with Gasteiger partial charge in [-0.25, -0.2) is 9.78 Å². The van der Waals surface area contributed by atoms with Crippen LogP contribution in [-0.2, 0) is 33.0 Å². The molecular weight excluding hydrogens is 505 g/mol. The minimum absolute atomic E-state index is 0.150. The number of imidazole rings is 1. The van der Waals surface area contributed by atoms with E-state index in [0.29, 0.717) is 6.54 Å². The van der Waals surface area contributed by atoms with Crippen LogP contribution in [0.1, 0.15) is 43.5 Å². The number of benzene rings is 1. The second-order valence-corrected chi connectivity index (χ2v) is 9.82. The minimum atomic E-state index is -5.08. The van der Waals surface area contributed by atoms with E-state index in [1.54, 1.807) is 7.11 Å². The first-order valence-corrected chi connectivity index (χ1v) is 12.7. The lowest BCUT2D eigenvalue weighted by atomic mass is 9.88. The highest BCUT2D eigenvalue weighted by Crippen LogP contribution is 2.40. The second kappa shape index (κ2) is 11.7. The van der Waals surface area contributed by atoms with Gasteiger partial charge in [0.1, 0.15) is 17.2 Å². The maximum atomic E-state index is 13.2. The highest BCUT2D eigenvalue weighted by Gasteiger charge is 2.47. The number of hydrogen-bond acceptors (Lipinski definition) is 6. The first-order chi connectivity index (χ1) is 18.1. The number of aliphatic carboxylic acids is 1. The van der Waals surface area contributed by atoms with E-state index in [1.807, 2.05) is 29.4 Å². The maximum Gasteiger partial charge on any atom is 0.490 e. The summed E-state index contributed by atoms with van der Waals surface area (Å²) in [6.07, 6.45) is 3.45. The fourth-order valence-corrected chi connectivity index (χ4v) is 5.29. The van der Waals surface area contributed by atoms with E-state index in [9.17, 15) is 18.0 Å². The molecule has 0 radical (unpaired) electrons. The van der Waals surface area contributed by atoms with Gasteiger partial charge in [-0.1, -0.05) is 12.1 Å². The van der Waals surface area contributed by atoms with Crippen molar-refractivity contribution >= 4 is 11.9 Å². The van der Waals surface area contributed by atoms with Gasteiger partial charge in [0, 0.05) is 45.1 Å². The van der Waals surface area contributed by atoms with Gasteiger partial charge in [0.25, 0.3) is 5.91 Å².